The third-order valence-electron chi connectivity index (χ3n) is 6.23. The summed E-state index contributed by atoms with van der Waals surface area (Å²) in [4.78, 5) is 33.0. The normalized spacial score (nSPS) is 17.1. The summed E-state index contributed by atoms with van der Waals surface area (Å²) in [6, 6.07) is 15.3. The number of aliphatic hydroxyl groups is 1. The smallest absolute Gasteiger partial charge is 0.301 e. The summed E-state index contributed by atoms with van der Waals surface area (Å²) in [5, 5.41) is 11.6. The topological polar surface area (TPSA) is 79.7 Å². The van der Waals surface area contributed by atoms with Crippen molar-refractivity contribution in [1.82, 2.24) is 4.98 Å². The molecule has 1 amide bonds. The average Bonchev–Trinajstić information content (AvgIpc) is 3.41. The molecule has 0 radical (unpaired) electrons. The molecule has 1 aliphatic heterocycles. The first-order valence-corrected chi connectivity index (χ1v) is 12.8. The molecule has 1 unspecified atom stereocenters. The van der Waals surface area contributed by atoms with E-state index in [9.17, 15) is 19.1 Å². The number of Topliss-reactive ketones (excluding diaryl/α,β-unsaturated/α-hetero) is 1. The van der Waals surface area contributed by atoms with E-state index >= 15 is 0 Å². The minimum atomic E-state index is -0.947. The monoisotopic (exact) mass is 516 g/mol. The second kappa shape index (κ2) is 9.78. The van der Waals surface area contributed by atoms with Gasteiger partial charge in [0.15, 0.2) is 5.13 Å². The Morgan fingerprint density at radius 2 is 1.86 bits per heavy atom. The molecule has 37 heavy (non-hydrogen) atoms. The Kier molecular flexibility index (Phi) is 6.52. The Morgan fingerprint density at radius 3 is 2.59 bits per heavy atom. The fourth-order valence-corrected chi connectivity index (χ4v) is 5.73. The first kappa shape index (κ1) is 24.6. The van der Waals surface area contributed by atoms with Gasteiger partial charge in [0.1, 0.15) is 17.3 Å². The van der Waals surface area contributed by atoms with Crippen molar-refractivity contribution in [3.8, 4) is 5.75 Å². The lowest BCUT2D eigenvalue weighted by Gasteiger charge is -2.23. The number of anilines is 1. The van der Waals surface area contributed by atoms with Gasteiger partial charge in [0.25, 0.3) is 5.78 Å². The van der Waals surface area contributed by atoms with Crippen molar-refractivity contribution in [2.24, 2.45) is 0 Å². The minimum Gasteiger partial charge on any atom is -0.507 e. The number of carbonyl (C=O) groups is 2. The summed E-state index contributed by atoms with van der Waals surface area (Å²) in [6.07, 6.45) is 0.817. The predicted octanol–water partition coefficient (Wildman–Crippen LogP) is 6.47. The summed E-state index contributed by atoms with van der Waals surface area (Å²) >= 11 is 1.31. The Labute approximate surface area is 217 Å². The van der Waals surface area contributed by atoms with E-state index in [0.29, 0.717) is 23.1 Å². The lowest BCUT2D eigenvalue weighted by atomic mass is 9.95. The summed E-state index contributed by atoms with van der Waals surface area (Å²) in [5.74, 6) is -1.89. The van der Waals surface area contributed by atoms with Crippen molar-refractivity contribution in [2.75, 3.05) is 11.5 Å². The summed E-state index contributed by atoms with van der Waals surface area (Å²) in [6.45, 7) is 6.45. The van der Waals surface area contributed by atoms with Crippen molar-refractivity contribution < 1.29 is 23.8 Å². The van der Waals surface area contributed by atoms with E-state index in [1.165, 1.54) is 40.5 Å². The molecule has 1 aliphatic rings. The number of aliphatic hydroxyl groups excluding tert-OH is 1. The lowest BCUT2D eigenvalue weighted by Crippen LogP contribution is -2.29. The van der Waals surface area contributed by atoms with Crippen LogP contribution in [0.3, 0.4) is 0 Å². The zero-order chi connectivity index (χ0) is 26.3. The van der Waals surface area contributed by atoms with E-state index in [0.717, 1.165) is 27.8 Å². The van der Waals surface area contributed by atoms with Crippen LogP contribution in [0.2, 0.25) is 0 Å². The van der Waals surface area contributed by atoms with Gasteiger partial charge in [0, 0.05) is 5.56 Å². The molecule has 5 rings (SSSR count). The predicted molar refractivity (Wildman–Crippen MR) is 143 cm³/mol. The average molecular weight is 517 g/mol. The maximum Gasteiger partial charge on any atom is 0.301 e. The molecule has 1 fully saturated rings. The number of aromatic nitrogens is 1. The van der Waals surface area contributed by atoms with Crippen LogP contribution in [-0.4, -0.2) is 28.4 Å². The van der Waals surface area contributed by atoms with Gasteiger partial charge < -0.3 is 9.84 Å². The summed E-state index contributed by atoms with van der Waals surface area (Å²) in [7, 11) is 0. The quantitative estimate of drug-likeness (QED) is 0.181. The first-order chi connectivity index (χ1) is 17.8. The van der Waals surface area contributed by atoms with Gasteiger partial charge in [0.05, 0.1) is 28.4 Å². The second-order valence-electron chi connectivity index (χ2n) is 9.02. The first-order valence-electron chi connectivity index (χ1n) is 12.0. The molecule has 1 saturated heterocycles. The molecule has 0 saturated carbocycles. The molecule has 1 aromatic heterocycles. The number of amides is 1. The maximum atomic E-state index is 13.6. The number of nitrogens with zero attached hydrogens (tertiary/aromatic N) is 2. The SMILES string of the molecule is CCCOc1cccc(C2C(=C(O)c3ccc(F)cc3)C(=O)C(=O)N2c2nc3c(C)cc(C)cc3s2)c1. The molecular weight excluding hydrogens is 491 g/mol. The number of hydrogen-bond donors (Lipinski definition) is 1. The number of carbonyl (C=O) groups excluding carboxylic acids is 2. The number of fused-ring (bicyclic) bond motifs is 1. The van der Waals surface area contributed by atoms with E-state index in [-0.39, 0.29) is 16.9 Å². The second-order valence-corrected chi connectivity index (χ2v) is 10.0. The van der Waals surface area contributed by atoms with Crippen LogP contribution in [0.5, 0.6) is 5.75 Å². The third-order valence-corrected chi connectivity index (χ3v) is 7.24. The summed E-state index contributed by atoms with van der Waals surface area (Å²) < 4.78 is 20.2. The molecule has 6 nitrogen and oxygen atoms in total. The van der Waals surface area contributed by atoms with E-state index in [1.807, 2.05) is 32.9 Å². The van der Waals surface area contributed by atoms with Gasteiger partial charge in [-0.25, -0.2) is 9.37 Å². The van der Waals surface area contributed by atoms with E-state index < -0.39 is 23.5 Å². The third kappa shape index (κ3) is 4.49. The molecular formula is C29H25FN2O4S. The largest absolute Gasteiger partial charge is 0.507 e. The molecule has 0 spiro atoms. The van der Waals surface area contributed by atoms with E-state index in [4.69, 9.17) is 9.72 Å². The Morgan fingerprint density at radius 1 is 1.11 bits per heavy atom. The van der Waals surface area contributed by atoms with Gasteiger partial charge in [-0.15, -0.1) is 0 Å². The van der Waals surface area contributed by atoms with Gasteiger partial charge in [-0.1, -0.05) is 36.5 Å². The van der Waals surface area contributed by atoms with Crippen molar-refractivity contribution in [1.29, 1.82) is 0 Å². The van der Waals surface area contributed by atoms with Crippen LogP contribution in [-0.2, 0) is 9.59 Å². The standard InChI is InChI=1S/C29H25FN2O4S/c1-4-12-36-21-7-5-6-19(15-21)25-23(26(33)18-8-10-20(30)11-9-18)27(34)28(35)32(25)29-31-24-17(3)13-16(2)14-22(24)37-29/h5-11,13-15,25,33H,4,12H2,1-3H3. The molecule has 4 aromatic rings. The summed E-state index contributed by atoms with van der Waals surface area (Å²) in [5.41, 5.74) is 3.52. The fraction of sp³-hybridized carbons (Fsp3) is 0.207. The van der Waals surface area contributed by atoms with Crippen LogP contribution < -0.4 is 9.64 Å². The number of benzene rings is 3. The minimum absolute atomic E-state index is 0.0867. The molecule has 188 valence electrons. The van der Waals surface area contributed by atoms with Gasteiger partial charge in [-0.2, -0.15) is 0 Å². The zero-order valence-electron chi connectivity index (χ0n) is 20.6. The molecule has 1 N–H and O–H groups in total. The Hall–Kier alpha value is -4.04. The van der Waals surface area contributed by atoms with Crippen LogP contribution >= 0.6 is 11.3 Å². The van der Waals surface area contributed by atoms with Gasteiger partial charge in [-0.3, -0.25) is 14.5 Å². The van der Waals surface area contributed by atoms with Crippen LogP contribution in [0.1, 0.15) is 41.6 Å². The Bertz CT molecular complexity index is 1560. The van der Waals surface area contributed by atoms with Crippen molar-refractivity contribution in [3.05, 3.63) is 94.3 Å². The van der Waals surface area contributed by atoms with Crippen molar-refractivity contribution in [2.45, 2.75) is 33.2 Å². The Balaban J connectivity index is 1.72. The number of aryl methyl sites for hydroxylation is 2. The zero-order valence-corrected chi connectivity index (χ0v) is 21.4. The van der Waals surface area contributed by atoms with Gasteiger partial charge >= 0.3 is 5.91 Å². The van der Waals surface area contributed by atoms with Crippen LogP contribution in [0.25, 0.3) is 16.0 Å². The molecule has 8 heteroatoms. The van der Waals surface area contributed by atoms with Crippen molar-refractivity contribution in [3.63, 3.8) is 0 Å². The molecule has 1 atom stereocenters. The highest BCUT2D eigenvalue weighted by atomic mass is 32.1. The number of rotatable bonds is 6. The lowest BCUT2D eigenvalue weighted by molar-refractivity contribution is -0.132. The highest BCUT2D eigenvalue weighted by Gasteiger charge is 2.48. The van der Waals surface area contributed by atoms with Crippen LogP contribution in [0, 0.1) is 19.7 Å². The highest BCUT2D eigenvalue weighted by molar-refractivity contribution is 7.22. The fourth-order valence-electron chi connectivity index (χ4n) is 4.56. The molecule has 2 heterocycles. The van der Waals surface area contributed by atoms with Crippen LogP contribution in [0.15, 0.2) is 66.2 Å². The number of ether oxygens (including phenoxy) is 1. The number of halogens is 1. The maximum absolute atomic E-state index is 13.6. The van der Waals surface area contributed by atoms with Crippen molar-refractivity contribution >= 4 is 44.1 Å². The highest BCUT2D eigenvalue weighted by Crippen LogP contribution is 2.45. The number of ketones is 1. The number of thiazole rings is 1. The van der Waals surface area contributed by atoms with E-state index in [2.05, 4.69) is 0 Å². The van der Waals surface area contributed by atoms with E-state index in [1.54, 1.807) is 24.3 Å². The molecule has 0 aliphatic carbocycles. The van der Waals surface area contributed by atoms with Gasteiger partial charge in [-0.05, 0) is 79.4 Å². The molecule has 3 aromatic carbocycles. The van der Waals surface area contributed by atoms with Gasteiger partial charge in [0.2, 0.25) is 0 Å². The molecule has 0 bridgehead atoms. The van der Waals surface area contributed by atoms with Crippen LogP contribution in [0.4, 0.5) is 9.52 Å². The number of hydrogen-bond acceptors (Lipinski definition) is 6.